The quantitative estimate of drug-likeness (QED) is 0.836. The molecular formula is C13H14BrN5OS. The van der Waals surface area contributed by atoms with Crippen LogP contribution in [-0.4, -0.2) is 44.5 Å². The van der Waals surface area contributed by atoms with E-state index in [9.17, 15) is 4.79 Å². The fraction of sp³-hybridized carbons (Fsp3) is 0.308. The van der Waals surface area contributed by atoms with Crippen LogP contribution >= 0.6 is 27.7 Å². The first-order valence-corrected chi connectivity index (χ1v) is 8.12. The largest absolute Gasteiger partial charge is 0.345 e. The number of thioether (sulfide) groups is 1. The van der Waals surface area contributed by atoms with Crippen LogP contribution in [-0.2, 0) is 4.79 Å². The van der Waals surface area contributed by atoms with E-state index < -0.39 is 0 Å². The summed E-state index contributed by atoms with van der Waals surface area (Å²) in [6.07, 6.45) is 0.803. The summed E-state index contributed by atoms with van der Waals surface area (Å²) >= 11 is 4.85. The lowest BCUT2D eigenvalue weighted by molar-refractivity contribution is -0.126. The number of nitrogens with zero attached hydrogens (tertiary/aromatic N) is 4. The number of carbonyl (C=O) groups is 1. The van der Waals surface area contributed by atoms with Crippen LogP contribution in [0.5, 0.6) is 0 Å². The van der Waals surface area contributed by atoms with Gasteiger partial charge in [-0.05, 0) is 18.6 Å². The second-order valence-corrected chi connectivity index (χ2v) is 6.84. The third-order valence-electron chi connectivity index (χ3n) is 3.41. The van der Waals surface area contributed by atoms with Gasteiger partial charge >= 0.3 is 0 Å². The molecule has 1 aromatic heterocycles. The molecule has 1 aliphatic rings. The maximum absolute atomic E-state index is 12.0. The van der Waals surface area contributed by atoms with Gasteiger partial charge in [0, 0.05) is 23.6 Å². The number of nitrogen functional groups attached to an aromatic ring is 1. The van der Waals surface area contributed by atoms with Crippen LogP contribution in [0.15, 0.2) is 33.9 Å². The van der Waals surface area contributed by atoms with Gasteiger partial charge in [0.15, 0.2) is 5.82 Å². The molecule has 2 aromatic rings. The van der Waals surface area contributed by atoms with E-state index in [1.807, 2.05) is 31.3 Å². The van der Waals surface area contributed by atoms with Crippen molar-refractivity contribution in [2.75, 3.05) is 19.4 Å². The van der Waals surface area contributed by atoms with Gasteiger partial charge in [0.1, 0.15) is 0 Å². The molecule has 21 heavy (non-hydrogen) atoms. The van der Waals surface area contributed by atoms with E-state index in [1.54, 1.807) is 4.90 Å². The van der Waals surface area contributed by atoms with E-state index in [4.69, 9.17) is 5.84 Å². The maximum Gasteiger partial charge on any atom is 0.235 e. The summed E-state index contributed by atoms with van der Waals surface area (Å²) in [7, 11) is 1.81. The van der Waals surface area contributed by atoms with Gasteiger partial charge in [0.05, 0.1) is 5.25 Å². The van der Waals surface area contributed by atoms with Crippen LogP contribution in [0.2, 0.25) is 0 Å². The zero-order chi connectivity index (χ0) is 15.0. The highest BCUT2D eigenvalue weighted by Gasteiger charge is 2.31. The Kier molecular flexibility index (Phi) is 3.90. The lowest BCUT2D eigenvalue weighted by Gasteiger charge is -2.09. The van der Waals surface area contributed by atoms with Gasteiger partial charge in [-0.1, -0.05) is 39.8 Å². The van der Waals surface area contributed by atoms with Gasteiger partial charge in [-0.3, -0.25) is 4.79 Å². The average molecular weight is 368 g/mol. The van der Waals surface area contributed by atoms with E-state index in [0.717, 1.165) is 23.0 Å². The number of carbonyl (C=O) groups excluding carboxylic acids is 1. The van der Waals surface area contributed by atoms with Crippen molar-refractivity contribution >= 4 is 33.6 Å². The van der Waals surface area contributed by atoms with E-state index in [-0.39, 0.29) is 11.2 Å². The Morgan fingerprint density at radius 3 is 2.81 bits per heavy atom. The Labute approximate surface area is 134 Å². The minimum atomic E-state index is -0.131. The van der Waals surface area contributed by atoms with Gasteiger partial charge in [0.25, 0.3) is 0 Å². The van der Waals surface area contributed by atoms with Crippen LogP contribution in [0.25, 0.3) is 11.4 Å². The second kappa shape index (κ2) is 5.69. The first-order valence-electron chi connectivity index (χ1n) is 6.45. The third-order valence-corrected chi connectivity index (χ3v) is 5.31. The molecule has 3 rings (SSSR count). The number of amides is 1. The number of nitrogens with two attached hydrogens (primary N) is 1. The molecule has 1 atom stereocenters. The fourth-order valence-corrected chi connectivity index (χ4v) is 3.72. The minimum Gasteiger partial charge on any atom is -0.345 e. The molecule has 2 heterocycles. The minimum absolute atomic E-state index is 0.116. The molecule has 6 nitrogen and oxygen atoms in total. The van der Waals surface area contributed by atoms with Gasteiger partial charge < -0.3 is 10.7 Å². The van der Waals surface area contributed by atoms with Crippen LogP contribution in [0.1, 0.15) is 6.42 Å². The molecule has 1 amide bonds. The summed E-state index contributed by atoms with van der Waals surface area (Å²) in [4.78, 5) is 13.7. The summed E-state index contributed by atoms with van der Waals surface area (Å²) in [6.45, 7) is 0.770. The van der Waals surface area contributed by atoms with Gasteiger partial charge in [-0.2, -0.15) is 0 Å². The molecule has 1 saturated heterocycles. The Hall–Kier alpha value is -1.54. The number of aromatic nitrogens is 3. The molecule has 0 bridgehead atoms. The van der Waals surface area contributed by atoms with E-state index in [1.165, 1.54) is 16.4 Å². The van der Waals surface area contributed by atoms with Crippen molar-refractivity contribution in [3.8, 4) is 11.4 Å². The number of rotatable bonds is 3. The zero-order valence-electron chi connectivity index (χ0n) is 11.4. The zero-order valence-corrected chi connectivity index (χ0v) is 13.8. The first kappa shape index (κ1) is 14.4. The van der Waals surface area contributed by atoms with Crippen molar-refractivity contribution in [3.63, 3.8) is 0 Å². The molecule has 0 saturated carbocycles. The van der Waals surface area contributed by atoms with Crippen LogP contribution in [0.4, 0.5) is 0 Å². The second-order valence-electron chi connectivity index (χ2n) is 4.81. The molecule has 1 unspecified atom stereocenters. The monoisotopic (exact) mass is 367 g/mol. The first-order chi connectivity index (χ1) is 10.1. The van der Waals surface area contributed by atoms with Crippen molar-refractivity contribution in [2.24, 2.45) is 0 Å². The lowest BCUT2D eigenvalue weighted by atomic mass is 10.2. The molecule has 8 heteroatoms. The van der Waals surface area contributed by atoms with Crippen LogP contribution in [0.3, 0.4) is 0 Å². The Morgan fingerprint density at radius 1 is 1.38 bits per heavy atom. The van der Waals surface area contributed by atoms with Gasteiger partial charge in [0.2, 0.25) is 11.1 Å². The Morgan fingerprint density at radius 2 is 2.14 bits per heavy atom. The van der Waals surface area contributed by atoms with Crippen molar-refractivity contribution in [1.82, 2.24) is 19.8 Å². The predicted octanol–water partition coefficient (Wildman–Crippen LogP) is 1.74. The summed E-state index contributed by atoms with van der Waals surface area (Å²) < 4.78 is 2.34. The fourth-order valence-electron chi connectivity index (χ4n) is 2.21. The summed E-state index contributed by atoms with van der Waals surface area (Å²) in [5.41, 5.74) is 0.870. The van der Waals surface area contributed by atoms with E-state index >= 15 is 0 Å². The number of hydrogen-bond acceptors (Lipinski definition) is 5. The highest BCUT2D eigenvalue weighted by atomic mass is 79.9. The van der Waals surface area contributed by atoms with Gasteiger partial charge in [-0.15, -0.1) is 10.2 Å². The van der Waals surface area contributed by atoms with Crippen molar-refractivity contribution in [3.05, 3.63) is 28.7 Å². The number of likely N-dealkylation sites (tertiary alicyclic amines) is 1. The number of hydrogen-bond donors (Lipinski definition) is 1. The van der Waals surface area contributed by atoms with E-state index in [2.05, 4.69) is 26.1 Å². The topological polar surface area (TPSA) is 77.0 Å². The highest BCUT2D eigenvalue weighted by Crippen LogP contribution is 2.32. The molecule has 110 valence electrons. The van der Waals surface area contributed by atoms with Crippen molar-refractivity contribution in [1.29, 1.82) is 0 Å². The molecule has 1 aromatic carbocycles. The van der Waals surface area contributed by atoms with Crippen molar-refractivity contribution in [2.45, 2.75) is 16.8 Å². The predicted molar refractivity (Wildman–Crippen MR) is 85.2 cm³/mol. The molecule has 2 N–H and O–H groups in total. The molecule has 0 spiro atoms. The molecule has 1 aliphatic heterocycles. The Bertz CT molecular complexity index is 689. The Balaban J connectivity index is 1.87. The van der Waals surface area contributed by atoms with Crippen LogP contribution in [0, 0.1) is 0 Å². The lowest BCUT2D eigenvalue weighted by Crippen LogP contribution is -2.24. The highest BCUT2D eigenvalue weighted by molar-refractivity contribution is 9.10. The standard InChI is InChI=1S/C13H14BrN5OS/c1-18-7-6-10(12(18)20)21-13-17-16-11(19(13)15)8-4-2-3-5-9(8)14/h2-5,10H,6-7,15H2,1H3. The smallest absolute Gasteiger partial charge is 0.235 e. The van der Waals surface area contributed by atoms with Crippen molar-refractivity contribution < 1.29 is 4.79 Å². The SMILES string of the molecule is CN1CCC(Sc2nnc(-c3ccccc3Br)n2N)C1=O. The van der Waals surface area contributed by atoms with Gasteiger partial charge in [-0.25, -0.2) is 4.68 Å². The molecular weight excluding hydrogens is 354 g/mol. The third kappa shape index (κ3) is 2.65. The maximum atomic E-state index is 12.0. The molecule has 0 aliphatic carbocycles. The summed E-state index contributed by atoms with van der Waals surface area (Å²) in [5.74, 6) is 6.78. The summed E-state index contributed by atoms with van der Waals surface area (Å²) in [6, 6.07) is 7.68. The molecule has 0 radical (unpaired) electrons. The van der Waals surface area contributed by atoms with E-state index in [0.29, 0.717) is 11.0 Å². The van der Waals surface area contributed by atoms with Crippen LogP contribution < -0.4 is 5.84 Å². The summed E-state index contributed by atoms with van der Waals surface area (Å²) in [5, 5.41) is 8.68. The number of halogens is 1. The number of benzene rings is 1. The molecule has 1 fully saturated rings. The average Bonchev–Trinajstić information content (AvgIpc) is 2.98. The normalized spacial score (nSPS) is 18.5.